The zero-order valence-corrected chi connectivity index (χ0v) is 8.87. The second-order valence-corrected chi connectivity index (χ2v) is 3.73. The van der Waals surface area contributed by atoms with E-state index >= 15 is 0 Å². The van der Waals surface area contributed by atoms with Gasteiger partial charge in [-0.15, -0.1) is 0 Å². The number of benzene rings is 1. The van der Waals surface area contributed by atoms with E-state index in [0.717, 1.165) is 16.7 Å². The molecular formula is C12H14N2O2. The largest absolute Gasteiger partial charge is 0.394 e. The second-order valence-electron chi connectivity index (χ2n) is 3.73. The Hall–Kier alpha value is -1.52. The van der Waals surface area contributed by atoms with Crippen molar-refractivity contribution in [1.82, 2.24) is 9.97 Å². The van der Waals surface area contributed by atoms with E-state index in [1.54, 1.807) is 6.20 Å². The van der Waals surface area contributed by atoms with Crippen molar-refractivity contribution in [2.75, 3.05) is 6.61 Å². The van der Waals surface area contributed by atoms with Gasteiger partial charge in [-0.05, 0) is 25.0 Å². The summed E-state index contributed by atoms with van der Waals surface area (Å²) in [7, 11) is 0. The van der Waals surface area contributed by atoms with Gasteiger partial charge >= 0.3 is 0 Å². The van der Waals surface area contributed by atoms with Crippen LogP contribution in [0.15, 0.2) is 30.5 Å². The second kappa shape index (κ2) is 5.01. The fourth-order valence-electron chi connectivity index (χ4n) is 1.52. The van der Waals surface area contributed by atoms with E-state index in [4.69, 9.17) is 5.11 Å². The van der Waals surface area contributed by atoms with Crippen LogP contribution in [0, 0.1) is 0 Å². The van der Waals surface area contributed by atoms with Gasteiger partial charge in [-0.1, -0.05) is 12.1 Å². The number of rotatable bonds is 4. The Morgan fingerprint density at radius 3 is 2.69 bits per heavy atom. The molecule has 1 aromatic heterocycles. The van der Waals surface area contributed by atoms with Crippen LogP contribution in [0.3, 0.4) is 0 Å². The minimum atomic E-state index is -0.673. The van der Waals surface area contributed by atoms with Crippen LogP contribution < -0.4 is 0 Å². The van der Waals surface area contributed by atoms with Crippen molar-refractivity contribution in [1.29, 1.82) is 0 Å². The van der Waals surface area contributed by atoms with Gasteiger partial charge in [0, 0.05) is 6.20 Å². The maximum atomic E-state index is 9.23. The van der Waals surface area contributed by atoms with Gasteiger partial charge in [0.15, 0.2) is 0 Å². The molecule has 1 heterocycles. The van der Waals surface area contributed by atoms with Crippen LogP contribution in [0.2, 0.25) is 0 Å². The van der Waals surface area contributed by atoms with Crippen LogP contribution >= 0.6 is 0 Å². The molecule has 4 heteroatoms. The number of fused-ring (bicyclic) bond motifs is 1. The molecule has 0 spiro atoms. The monoisotopic (exact) mass is 218 g/mol. The predicted octanol–water partition coefficient (Wildman–Crippen LogP) is 0.916. The zero-order chi connectivity index (χ0) is 11.4. The van der Waals surface area contributed by atoms with Crippen molar-refractivity contribution in [3.8, 4) is 0 Å². The Morgan fingerprint density at radius 1 is 1.19 bits per heavy atom. The fraction of sp³-hybridized carbons (Fsp3) is 0.333. The van der Waals surface area contributed by atoms with Crippen LogP contribution in [-0.4, -0.2) is 32.9 Å². The van der Waals surface area contributed by atoms with Gasteiger partial charge in [-0.2, -0.15) is 0 Å². The lowest BCUT2D eigenvalue weighted by Gasteiger charge is -2.06. The highest BCUT2D eigenvalue weighted by atomic mass is 16.3. The Labute approximate surface area is 93.6 Å². The summed E-state index contributed by atoms with van der Waals surface area (Å²) < 4.78 is 0. The molecule has 16 heavy (non-hydrogen) atoms. The molecule has 2 aromatic rings. The molecule has 0 aliphatic heterocycles. The molecule has 0 amide bonds. The molecule has 0 fully saturated rings. The van der Waals surface area contributed by atoms with Crippen LogP contribution in [0.5, 0.6) is 0 Å². The summed E-state index contributed by atoms with van der Waals surface area (Å²) in [6.07, 6.45) is 2.17. The summed E-state index contributed by atoms with van der Waals surface area (Å²) in [5.74, 6) is 0. The summed E-state index contributed by atoms with van der Waals surface area (Å²) >= 11 is 0. The standard InChI is InChI=1S/C12H14N2O2/c15-8-10(16)6-5-9-7-13-11-3-1-2-4-12(11)14-9/h1-4,7,10,15-16H,5-6,8H2. The minimum Gasteiger partial charge on any atom is -0.394 e. The van der Waals surface area contributed by atoms with E-state index in [0.29, 0.717) is 12.8 Å². The summed E-state index contributed by atoms with van der Waals surface area (Å²) in [5, 5.41) is 17.9. The number of hydrogen-bond acceptors (Lipinski definition) is 4. The van der Waals surface area contributed by atoms with Crippen molar-refractivity contribution < 1.29 is 10.2 Å². The van der Waals surface area contributed by atoms with Crippen LogP contribution in [0.4, 0.5) is 0 Å². The van der Waals surface area contributed by atoms with Crippen molar-refractivity contribution in [3.05, 3.63) is 36.2 Å². The molecule has 1 unspecified atom stereocenters. The molecule has 0 saturated carbocycles. The third kappa shape index (κ3) is 2.53. The van der Waals surface area contributed by atoms with Crippen LogP contribution in [0.1, 0.15) is 12.1 Å². The van der Waals surface area contributed by atoms with Crippen molar-refractivity contribution >= 4 is 11.0 Å². The highest BCUT2D eigenvalue weighted by Crippen LogP contribution is 2.10. The van der Waals surface area contributed by atoms with Gasteiger partial charge in [0.25, 0.3) is 0 Å². The first-order chi connectivity index (χ1) is 7.79. The third-order valence-electron chi connectivity index (χ3n) is 2.44. The van der Waals surface area contributed by atoms with Gasteiger partial charge in [0.2, 0.25) is 0 Å². The van der Waals surface area contributed by atoms with E-state index < -0.39 is 6.10 Å². The quantitative estimate of drug-likeness (QED) is 0.800. The molecule has 1 atom stereocenters. The fourth-order valence-corrected chi connectivity index (χ4v) is 1.52. The molecule has 1 aromatic carbocycles. The smallest absolute Gasteiger partial charge is 0.0890 e. The van der Waals surface area contributed by atoms with E-state index in [1.807, 2.05) is 24.3 Å². The number of aliphatic hydroxyl groups is 2. The molecule has 2 rings (SSSR count). The lowest BCUT2D eigenvalue weighted by molar-refractivity contribution is 0.0884. The summed E-state index contributed by atoms with van der Waals surface area (Å²) in [6.45, 7) is -0.207. The van der Waals surface area contributed by atoms with Gasteiger partial charge in [0.1, 0.15) is 0 Å². The Bertz CT molecular complexity index is 473. The Kier molecular flexibility index (Phi) is 3.44. The van der Waals surface area contributed by atoms with Crippen molar-refractivity contribution in [3.63, 3.8) is 0 Å². The number of nitrogens with zero attached hydrogens (tertiary/aromatic N) is 2. The third-order valence-corrected chi connectivity index (χ3v) is 2.44. The lowest BCUT2D eigenvalue weighted by Crippen LogP contribution is -2.13. The van der Waals surface area contributed by atoms with Gasteiger partial charge < -0.3 is 10.2 Å². The summed E-state index contributed by atoms with van der Waals surface area (Å²) in [4.78, 5) is 8.70. The molecule has 0 aliphatic carbocycles. The number of hydrogen-bond donors (Lipinski definition) is 2. The molecular weight excluding hydrogens is 204 g/mol. The summed E-state index contributed by atoms with van der Waals surface area (Å²) in [6, 6.07) is 7.67. The predicted molar refractivity (Wildman–Crippen MR) is 61.0 cm³/mol. The molecule has 2 N–H and O–H groups in total. The van der Waals surface area contributed by atoms with Crippen LogP contribution in [-0.2, 0) is 6.42 Å². The zero-order valence-electron chi connectivity index (χ0n) is 8.87. The van der Waals surface area contributed by atoms with E-state index in [9.17, 15) is 5.11 Å². The molecule has 84 valence electrons. The van der Waals surface area contributed by atoms with Crippen molar-refractivity contribution in [2.45, 2.75) is 18.9 Å². The number of aromatic nitrogens is 2. The molecule has 0 aliphatic rings. The maximum absolute atomic E-state index is 9.23. The molecule has 4 nitrogen and oxygen atoms in total. The number of aliphatic hydroxyl groups excluding tert-OH is 2. The number of aryl methyl sites for hydroxylation is 1. The molecule has 0 radical (unpaired) electrons. The Morgan fingerprint density at radius 2 is 1.94 bits per heavy atom. The SMILES string of the molecule is OCC(O)CCc1cnc2ccccc2n1. The van der Waals surface area contributed by atoms with Crippen molar-refractivity contribution in [2.24, 2.45) is 0 Å². The average molecular weight is 218 g/mol. The average Bonchev–Trinajstić information content (AvgIpc) is 2.35. The first-order valence-electron chi connectivity index (χ1n) is 5.29. The highest BCUT2D eigenvalue weighted by Gasteiger charge is 2.04. The van der Waals surface area contributed by atoms with E-state index in [1.165, 1.54) is 0 Å². The van der Waals surface area contributed by atoms with E-state index in [2.05, 4.69) is 9.97 Å². The first-order valence-corrected chi connectivity index (χ1v) is 5.29. The summed E-state index contributed by atoms with van der Waals surface area (Å²) in [5.41, 5.74) is 2.57. The van der Waals surface area contributed by atoms with Gasteiger partial charge in [0.05, 0.1) is 29.4 Å². The number of para-hydroxylation sites is 2. The first kappa shape index (κ1) is 11.0. The van der Waals surface area contributed by atoms with Gasteiger partial charge in [-0.25, -0.2) is 4.98 Å². The van der Waals surface area contributed by atoms with Gasteiger partial charge in [-0.3, -0.25) is 4.98 Å². The highest BCUT2D eigenvalue weighted by molar-refractivity contribution is 5.73. The lowest BCUT2D eigenvalue weighted by atomic mass is 10.1. The Balaban J connectivity index is 2.13. The minimum absolute atomic E-state index is 0.207. The molecule has 0 saturated heterocycles. The maximum Gasteiger partial charge on any atom is 0.0890 e. The normalized spacial score (nSPS) is 12.9. The molecule has 0 bridgehead atoms. The van der Waals surface area contributed by atoms with E-state index in [-0.39, 0.29) is 6.61 Å². The van der Waals surface area contributed by atoms with Crippen LogP contribution in [0.25, 0.3) is 11.0 Å². The topological polar surface area (TPSA) is 66.2 Å².